The lowest BCUT2D eigenvalue weighted by molar-refractivity contribution is 0.981. The van der Waals surface area contributed by atoms with Crippen molar-refractivity contribution in [1.82, 2.24) is 3.96 Å². The first-order valence-electron chi connectivity index (χ1n) is 3.19. The van der Waals surface area contributed by atoms with Crippen LogP contribution in [0.25, 0.3) is 0 Å². The molecule has 0 aromatic carbocycles. The molecule has 0 unspecified atom stereocenters. The minimum absolute atomic E-state index is 0.468. The molecule has 0 aliphatic carbocycles. The van der Waals surface area contributed by atoms with Crippen molar-refractivity contribution in [2.24, 2.45) is 6.98 Å². The average Bonchev–Trinajstić information content (AvgIpc) is 2.11. The predicted octanol–water partition coefficient (Wildman–Crippen LogP) is 0.447. The Balaban J connectivity index is 3.18. The van der Waals surface area contributed by atoms with Gasteiger partial charge in [-0.2, -0.15) is 0 Å². The van der Waals surface area contributed by atoms with E-state index in [-0.39, 0.29) is 0 Å². The van der Waals surface area contributed by atoms with Gasteiger partial charge in [0.15, 0.2) is 0 Å². The molecule has 0 bridgehead atoms. The molecule has 0 saturated carbocycles. The molecule has 0 N–H and O–H groups in total. The summed E-state index contributed by atoms with van der Waals surface area (Å²) in [5.41, 5.74) is -0.468. The number of hydrogen-bond donors (Lipinski definition) is 0. The molecule has 0 radical (unpaired) electrons. The molecule has 38 valence electrons. The van der Waals surface area contributed by atoms with Crippen LogP contribution in [0.4, 0.5) is 0 Å². The Morgan fingerprint density at radius 2 is 3.00 bits per heavy atom. The molecule has 0 fully saturated rings. The Kier molecular flexibility index (Phi) is 0.457. The third-order valence-corrected chi connectivity index (χ3v) is 1.23. The molecule has 0 aliphatic heterocycles. The molecule has 0 spiro atoms. The van der Waals surface area contributed by atoms with E-state index in [1.807, 2.05) is 0 Å². The van der Waals surface area contributed by atoms with Crippen molar-refractivity contribution in [2.75, 3.05) is 0 Å². The Bertz CT molecular complexity index is 273. The van der Waals surface area contributed by atoms with Gasteiger partial charge in [0.25, 0.3) is 5.56 Å². The lowest BCUT2D eigenvalue weighted by Crippen LogP contribution is -2.05. The van der Waals surface area contributed by atoms with Crippen LogP contribution in [-0.2, 0) is 6.98 Å². The molecule has 0 aliphatic rings. The molecule has 0 saturated heterocycles. The first-order valence-corrected chi connectivity index (χ1v) is 2.53. The van der Waals surface area contributed by atoms with Crippen LogP contribution < -0.4 is 5.56 Å². The van der Waals surface area contributed by atoms with Crippen LogP contribution in [0.3, 0.4) is 0 Å². The molecular weight excluding hydrogens is 110 g/mol. The number of aryl methyl sites for hydroxylation is 1. The van der Waals surface area contributed by atoms with E-state index < -0.39 is 12.5 Å². The first kappa shape index (κ1) is 2.13. The topological polar surface area (TPSA) is 22.0 Å². The van der Waals surface area contributed by atoms with Gasteiger partial charge >= 0.3 is 0 Å². The zero-order chi connectivity index (χ0) is 7.78. The largest absolute Gasteiger partial charge is 0.268 e. The summed E-state index contributed by atoms with van der Waals surface area (Å²) < 4.78 is 21.3. The minimum Gasteiger partial charge on any atom is -0.268 e. The summed E-state index contributed by atoms with van der Waals surface area (Å²) in [7, 11) is 0. The maximum atomic E-state index is 10.7. The van der Waals surface area contributed by atoms with E-state index in [9.17, 15) is 4.79 Å². The fraction of sp³-hybridized carbons (Fsp3) is 0.250. The van der Waals surface area contributed by atoms with Crippen molar-refractivity contribution in [1.29, 1.82) is 0 Å². The quantitative estimate of drug-likeness (QED) is 0.484. The van der Waals surface area contributed by atoms with Crippen LogP contribution in [0.5, 0.6) is 0 Å². The molecule has 3 heteroatoms. The van der Waals surface area contributed by atoms with Crippen molar-refractivity contribution in [3.63, 3.8) is 0 Å². The summed E-state index contributed by atoms with van der Waals surface area (Å²) in [5, 5.41) is 1.45. The second-order valence-corrected chi connectivity index (χ2v) is 1.89. The van der Waals surface area contributed by atoms with E-state index in [0.717, 1.165) is 15.5 Å². The monoisotopic (exact) mass is 118 g/mol. The number of hydrogen-bond acceptors (Lipinski definition) is 2. The van der Waals surface area contributed by atoms with Crippen LogP contribution >= 0.6 is 11.5 Å². The minimum atomic E-state index is -2.31. The van der Waals surface area contributed by atoms with Crippen LogP contribution in [0.1, 0.15) is 4.11 Å². The second kappa shape index (κ2) is 1.50. The average molecular weight is 118 g/mol. The van der Waals surface area contributed by atoms with E-state index in [1.165, 1.54) is 11.4 Å². The zero-order valence-electron chi connectivity index (χ0n) is 6.42. The lowest BCUT2D eigenvalue weighted by Gasteiger charge is -1.76. The fourth-order valence-corrected chi connectivity index (χ4v) is 0.733. The zero-order valence-corrected chi connectivity index (χ0v) is 4.23. The summed E-state index contributed by atoms with van der Waals surface area (Å²) in [5.74, 6) is 0. The highest BCUT2D eigenvalue weighted by atomic mass is 32.1. The van der Waals surface area contributed by atoms with Crippen molar-refractivity contribution in [3.05, 3.63) is 21.8 Å². The highest BCUT2D eigenvalue weighted by Crippen LogP contribution is 1.84. The molecule has 2 nitrogen and oxygen atoms in total. The standard InChI is InChI=1S/C4H5NOS/c1-5-4(6)2-3-7-5/h2-3H,1H3/i1D3. The normalized spacial score (nSPS) is 17.4. The summed E-state index contributed by atoms with van der Waals surface area (Å²) >= 11 is 0.898. The maximum Gasteiger partial charge on any atom is 0.260 e. The van der Waals surface area contributed by atoms with Crippen LogP contribution in [0.2, 0.25) is 0 Å². The summed E-state index contributed by atoms with van der Waals surface area (Å²) in [4.78, 5) is 10.7. The molecule has 0 atom stereocenters. The first-order chi connectivity index (χ1) is 4.52. The Labute approximate surface area is 49.4 Å². The van der Waals surface area contributed by atoms with Gasteiger partial charge in [-0.25, -0.2) is 0 Å². The van der Waals surface area contributed by atoms with Gasteiger partial charge in [-0.1, -0.05) is 11.5 Å². The summed E-state index contributed by atoms with van der Waals surface area (Å²) in [6, 6.07) is 1.23. The Morgan fingerprint density at radius 1 is 2.14 bits per heavy atom. The van der Waals surface area contributed by atoms with E-state index in [2.05, 4.69) is 0 Å². The second-order valence-electron chi connectivity index (χ2n) is 1.04. The van der Waals surface area contributed by atoms with Gasteiger partial charge in [-0.3, -0.25) is 8.75 Å². The van der Waals surface area contributed by atoms with Gasteiger partial charge in [0.05, 0.1) is 0 Å². The SMILES string of the molecule is [2H]C([2H])([2H])n1sccc1=O. The summed E-state index contributed by atoms with van der Waals surface area (Å²) in [6.45, 7) is -2.31. The Morgan fingerprint density at radius 3 is 3.29 bits per heavy atom. The molecule has 1 rings (SSSR count). The molecule has 7 heavy (non-hydrogen) atoms. The van der Waals surface area contributed by atoms with Gasteiger partial charge in [0.2, 0.25) is 0 Å². The summed E-state index contributed by atoms with van der Waals surface area (Å²) in [6.07, 6.45) is 0. The van der Waals surface area contributed by atoms with Crippen molar-refractivity contribution >= 4 is 11.5 Å². The smallest absolute Gasteiger partial charge is 0.260 e. The van der Waals surface area contributed by atoms with Crippen LogP contribution in [0.15, 0.2) is 16.2 Å². The highest BCUT2D eigenvalue weighted by Gasteiger charge is 1.82. The van der Waals surface area contributed by atoms with Crippen molar-refractivity contribution < 1.29 is 4.11 Å². The van der Waals surface area contributed by atoms with Gasteiger partial charge in [0, 0.05) is 22.5 Å². The molecule has 1 heterocycles. The number of rotatable bonds is 0. The van der Waals surface area contributed by atoms with Gasteiger partial charge < -0.3 is 0 Å². The van der Waals surface area contributed by atoms with Crippen molar-refractivity contribution in [2.45, 2.75) is 0 Å². The van der Waals surface area contributed by atoms with Crippen molar-refractivity contribution in [3.8, 4) is 0 Å². The van der Waals surface area contributed by atoms with E-state index in [1.54, 1.807) is 0 Å². The van der Waals surface area contributed by atoms with E-state index in [4.69, 9.17) is 4.11 Å². The van der Waals surface area contributed by atoms with Gasteiger partial charge in [0.1, 0.15) is 0 Å². The predicted molar refractivity (Wildman–Crippen MR) is 29.6 cm³/mol. The third-order valence-electron chi connectivity index (χ3n) is 0.577. The Hall–Kier alpha value is -0.570. The van der Waals surface area contributed by atoms with Crippen LogP contribution in [-0.4, -0.2) is 3.96 Å². The molecule has 1 aromatic rings. The maximum absolute atomic E-state index is 10.7. The number of nitrogens with zero attached hydrogens (tertiary/aromatic N) is 1. The lowest BCUT2D eigenvalue weighted by atomic mass is 10.7. The highest BCUT2D eigenvalue weighted by molar-refractivity contribution is 7.04. The molecule has 1 aromatic heterocycles. The van der Waals surface area contributed by atoms with Crippen LogP contribution in [0, 0.1) is 0 Å². The molecular formula is C4H5NOS. The third kappa shape index (κ3) is 0.718. The fourth-order valence-electron chi connectivity index (χ4n) is 0.269. The van der Waals surface area contributed by atoms with E-state index >= 15 is 0 Å². The van der Waals surface area contributed by atoms with Gasteiger partial charge in [-0.05, 0) is 0 Å². The van der Waals surface area contributed by atoms with E-state index in [0.29, 0.717) is 0 Å². The van der Waals surface area contributed by atoms with Gasteiger partial charge in [-0.15, -0.1) is 0 Å². The number of aromatic nitrogens is 1. The molecule has 0 amide bonds.